The van der Waals surface area contributed by atoms with Gasteiger partial charge in [0.25, 0.3) is 0 Å². The van der Waals surface area contributed by atoms with Gasteiger partial charge in [-0.25, -0.2) is 0 Å². The summed E-state index contributed by atoms with van der Waals surface area (Å²) in [7, 11) is 0. The number of allylic oxidation sites excluding steroid dienone is 2. The fourth-order valence-corrected chi connectivity index (χ4v) is 4.67. The summed E-state index contributed by atoms with van der Waals surface area (Å²) in [6, 6.07) is 0.313. The van der Waals surface area contributed by atoms with Gasteiger partial charge in [-0.1, -0.05) is 31.4 Å². The van der Waals surface area contributed by atoms with Crippen LogP contribution in [0.15, 0.2) is 23.3 Å². The standard InChI is InChI=1S/C20H31NO/c1-14-15(2)20(22)21(16(14)3)11-7-5-4-6-8-18-12-17-9-10-19(18)13-17/h9-10,16-19H,4-8,11-13H2,1-3H3. The maximum atomic E-state index is 12.2. The van der Waals surface area contributed by atoms with Crippen LogP contribution in [0.4, 0.5) is 0 Å². The topological polar surface area (TPSA) is 20.3 Å². The van der Waals surface area contributed by atoms with E-state index < -0.39 is 0 Å². The zero-order chi connectivity index (χ0) is 15.7. The summed E-state index contributed by atoms with van der Waals surface area (Å²) in [6.45, 7) is 7.16. The molecule has 0 saturated heterocycles. The minimum Gasteiger partial charge on any atom is -0.332 e. The molecule has 4 atom stereocenters. The first kappa shape index (κ1) is 15.8. The molecule has 0 aromatic heterocycles. The lowest BCUT2D eigenvalue weighted by atomic mass is 9.88. The molecular formula is C20H31NO. The molecule has 0 radical (unpaired) electrons. The molecule has 1 fully saturated rings. The lowest BCUT2D eigenvalue weighted by Crippen LogP contribution is -2.34. The van der Waals surface area contributed by atoms with Gasteiger partial charge in [0, 0.05) is 12.1 Å². The second-order valence-corrected chi connectivity index (χ2v) is 7.73. The van der Waals surface area contributed by atoms with Crippen molar-refractivity contribution in [2.45, 2.75) is 71.8 Å². The first-order chi connectivity index (χ1) is 10.6. The van der Waals surface area contributed by atoms with Crippen LogP contribution in [0.3, 0.4) is 0 Å². The number of amides is 1. The Morgan fingerprint density at radius 1 is 1.09 bits per heavy atom. The molecule has 4 unspecified atom stereocenters. The van der Waals surface area contributed by atoms with Gasteiger partial charge in [-0.15, -0.1) is 0 Å². The molecule has 1 heterocycles. The van der Waals surface area contributed by atoms with Crippen molar-refractivity contribution in [2.24, 2.45) is 17.8 Å². The highest BCUT2D eigenvalue weighted by Gasteiger charge is 2.34. The van der Waals surface area contributed by atoms with Gasteiger partial charge in [0.2, 0.25) is 5.91 Å². The Labute approximate surface area is 135 Å². The molecule has 1 aliphatic heterocycles. The van der Waals surface area contributed by atoms with Crippen LogP contribution in [0.5, 0.6) is 0 Å². The van der Waals surface area contributed by atoms with Crippen molar-refractivity contribution in [3.8, 4) is 0 Å². The van der Waals surface area contributed by atoms with Crippen LogP contribution in [0.1, 0.15) is 65.7 Å². The van der Waals surface area contributed by atoms with Crippen molar-refractivity contribution in [1.29, 1.82) is 0 Å². The highest BCUT2D eigenvalue weighted by Crippen LogP contribution is 2.45. The van der Waals surface area contributed by atoms with Crippen molar-refractivity contribution < 1.29 is 4.79 Å². The number of nitrogens with zero attached hydrogens (tertiary/aromatic N) is 1. The molecule has 0 spiro atoms. The van der Waals surface area contributed by atoms with E-state index in [2.05, 4.69) is 30.9 Å². The minimum atomic E-state index is 0.263. The van der Waals surface area contributed by atoms with E-state index in [0.717, 1.165) is 36.3 Å². The number of rotatable bonds is 7. The van der Waals surface area contributed by atoms with Gasteiger partial charge < -0.3 is 4.90 Å². The molecule has 3 aliphatic rings. The Morgan fingerprint density at radius 3 is 2.45 bits per heavy atom. The van der Waals surface area contributed by atoms with Crippen LogP contribution in [0.2, 0.25) is 0 Å². The number of unbranched alkanes of at least 4 members (excludes halogenated alkanes) is 3. The van der Waals surface area contributed by atoms with E-state index in [1.54, 1.807) is 0 Å². The molecule has 0 N–H and O–H groups in total. The fraction of sp³-hybridized carbons (Fsp3) is 0.750. The number of carbonyl (C=O) groups is 1. The lowest BCUT2D eigenvalue weighted by molar-refractivity contribution is -0.126. The highest BCUT2D eigenvalue weighted by molar-refractivity contribution is 5.96. The first-order valence-electron chi connectivity index (χ1n) is 9.24. The number of hydrogen-bond acceptors (Lipinski definition) is 1. The van der Waals surface area contributed by atoms with Crippen LogP contribution < -0.4 is 0 Å². The summed E-state index contributed by atoms with van der Waals surface area (Å²) in [4.78, 5) is 14.2. The van der Waals surface area contributed by atoms with Crippen LogP contribution in [0.25, 0.3) is 0 Å². The van der Waals surface area contributed by atoms with Crippen LogP contribution in [-0.4, -0.2) is 23.4 Å². The predicted molar refractivity (Wildman–Crippen MR) is 91.5 cm³/mol. The third kappa shape index (κ3) is 3.02. The highest BCUT2D eigenvalue weighted by atomic mass is 16.2. The Morgan fingerprint density at radius 2 is 1.86 bits per heavy atom. The third-order valence-electron chi connectivity index (χ3n) is 6.41. The van der Waals surface area contributed by atoms with Crippen molar-refractivity contribution in [1.82, 2.24) is 4.90 Å². The molecule has 2 bridgehead atoms. The SMILES string of the molecule is CC1=C(C)C(C)N(CCCCCCC2CC3C=CC2C3)C1=O. The van der Waals surface area contributed by atoms with E-state index in [0.29, 0.717) is 6.04 Å². The molecule has 3 rings (SSSR count). The smallest absolute Gasteiger partial charge is 0.250 e. The molecule has 22 heavy (non-hydrogen) atoms. The predicted octanol–water partition coefficient (Wildman–Crippen LogP) is 4.72. The Bertz CT molecular complexity index is 490. The average Bonchev–Trinajstić information content (AvgIpc) is 3.18. The van der Waals surface area contributed by atoms with E-state index in [1.807, 2.05) is 6.92 Å². The van der Waals surface area contributed by atoms with Gasteiger partial charge in [-0.05, 0) is 69.8 Å². The summed E-state index contributed by atoms with van der Waals surface area (Å²) in [6.07, 6.45) is 14.4. The van der Waals surface area contributed by atoms with Gasteiger partial charge in [0.1, 0.15) is 0 Å². The summed E-state index contributed by atoms with van der Waals surface area (Å²) < 4.78 is 0. The quantitative estimate of drug-likeness (QED) is 0.492. The monoisotopic (exact) mass is 301 g/mol. The van der Waals surface area contributed by atoms with Gasteiger partial charge >= 0.3 is 0 Å². The normalized spacial score (nSPS) is 33.6. The van der Waals surface area contributed by atoms with Crippen molar-refractivity contribution in [3.05, 3.63) is 23.3 Å². The van der Waals surface area contributed by atoms with Gasteiger partial charge in [-0.3, -0.25) is 4.79 Å². The minimum absolute atomic E-state index is 0.263. The molecule has 0 aromatic rings. The number of hydrogen-bond donors (Lipinski definition) is 0. The molecular weight excluding hydrogens is 270 g/mol. The molecule has 2 nitrogen and oxygen atoms in total. The Kier molecular flexibility index (Phi) is 4.75. The second-order valence-electron chi connectivity index (χ2n) is 7.73. The van der Waals surface area contributed by atoms with Crippen LogP contribution >= 0.6 is 0 Å². The van der Waals surface area contributed by atoms with Crippen molar-refractivity contribution in [2.75, 3.05) is 6.54 Å². The maximum absolute atomic E-state index is 12.2. The van der Waals surface area contributed by atoms with Crippen LogP contribution in [0, 0.1) is 17.8 Å². The molecule has 2 heteroatoms. The zero-order valence-corrected chi connectivity index (χ0v) is 14.5. The van der Waals surface area contributed by atoms with Gasteiger partial charge in [0.15, 0.2) is 0 Å². The molecule has 122 valence electrons. The third-order valence-corrected chi connectivity index (χ3v) is 6.41. The molecule has 1 amide bonds. The van der Waals surface area contributed by atoms with E-state index in [9.17, 15) is 4.79 Å². The maximum Gasteiger partial charge on any atom is 0.250 e. The van der Waals surface area contributed by atoms with E-state index in [4.69, 9.17) is 0 Å². The second kappa shape index (κ2) is 6.60. The largest absolute Gasteiger partial charge is 0.332 e. The summed E-state index contributed by atoms with van der Waals surface area (Å²) in [5.74, 6) is 3.06. The number of carbonyl (C=O) groups excluding carboxylic acids is 1. The zero-order valence-electron chi connectivity index (χ0n) is 14.5. The summed E-state index contributed by atoms with van der Waals surface area (Å²) in [5, 5.41) is 0. The van der Waals surface area contributed by atoms with E-state index in [-0.39, 0.29) is 5.91 Å². The van der Waals surface area contributed by atoms with Crippen molar-refractivity contribution in [3.63, 3.8) is 0 Å². The fourth-order valence-electron chi connectivity index (χ4n) is 4.67. The summed E-state index contributed by atoms with van der Waals surface area (Å²) >= 11 is 0. The lowest BCUT2D eigenvalue weighted by Gasteiger charge is -2.23. The molecule has 0 aromatic carbocycles. The van der Waals surface area contributed by atoms with Crippen molar-refractivity contribution >= 4 is 5.91 Å². The average molecular weight is 301 g/mol. The Hall–Kier alpha value is -1.05. The summed E-state index contributed by atoms with van der Waals surface area (Å²) in [5.41, 5.74) is 2.23. The molecule has 1 saturated carbocycles. The number of fused-ring (bicyclic) bond motifs is 2. The Balaban J connectivity index is 1.29. The van der Waals surface area contributed by atoms with Gasteiger partial charge in [-0.2, -0.15) is 0 Å². The van der Waals surface area contributed by atoms with Crippen LogP contribution in [-0.2, 0) is 4.79 Å². The van der Waals surface area contributed by atoms with E-state index in [1.165, 1.54) is 44.1 Å². The van der Waals surface area contributed by atoms with E-state index >= 15 is 0 Å². The molecule has 2 aliphatic carbocycles. The van der Waals surface area contributed by atoms with Gasteiger partial charge in [0.05, 0.1) is 6.04 Å². The first-order valence-corrected chi connectivity index (χ1v) is 9.24.